The number of hydrogen-bond acceptors (Lipinski definition) is 2. The molecule has 3 nitrogen and oxygen atoms in total. The molecule has 1 atom stereocenters. The summed E-state index contributed by atoms with van der Waals surface area (Å²) in [5.41, 5.74) is 7.46. The van der Waals surface area contributed by atoms with Gasteiger partial charge in [0, 0.05) is 13.0 Å². The number of rotatable bonds is 5. The molecule has 0 aliphatic heterocycles. The number of hydrogen-bond donors (Lipinski definition) is 1. The molecule has 0 spiro atoms. The maximum absolute atomic E-state index is 10.9. The number of nitrogens with two attached hydrogens (primary N) is 1. The first kappa shape index (κ1) is 20.0. The number of carbonyl (C=O) groups is 1. The minimum absolute atomic E-state index is 0.113. The van der Waals surface area contributed by atoms with Crippen molar-refractivity contribution in [3.63, 3.8) is 0 Å². The van der Waals surface area contributed by atoms with Gasteiger partial charge in [0.05, 0.1) is 6.61 Å². The zero-order valence-electron chi connectivity index (χ0n) is 13.2. The Morgan fingerprint density at radius 2 is 1.53 bits per heavy atom. The van der Waals surface area contributed by atoms with Crippen LogP contribution in [0.1, 0.15) is 45.7 Å². The third-order valence-corrected chi connectivity index (χ3v) is 2.36. The van der Waals surface area contributed by atoms with E-state index in [2.05, 4.69) is 0 Å². The zero-order valence-corrected chi connectivity index (χ0v) is 13.2. The molecule has 0 aliphatic carbocycles. The summed E-state index contributed by atoms with van der Waals surface area (Å²) in [6, 6.07) is 8.03. The number of amides is 1. The predicted molar refractivity (Wildman–Crippen MR) is 81.9 cm³/mol. The van der Waals surface area contributed by atoms with Gasteiger partial charge in [-0.15, -0.1) is 0 Å². The first-order chi connectivity index (χ1) is 9.13. The van der Waals surface area contributed by atoms with E-state index in [0.29, 0.717) is 13.0 Å². The fourth-order valence-corrected chi connectivity index (χ4v) is 1.39. The highest BCUT2D eigenvalue weighted by Gasteiger charge is 2.08. The van der Waals surface area contributed by atoms with Gasteiger partial charge >= 0.3 is 0 Å². The summed E-state index contributed by atoms with van der Waals surface area (Å²) in [6.07, 6.45) is 0.697. The second-order valence-electron chi connectivity index (χ2n) is 3.76. The van der Waals surface area contributed by atoms with Crippen LogP contribution in [0.2, 0.25) is 0 Å². The van der Waals surface area contributed by atoms with Crippen molar-refractivity contribution in [2.24, 2.45) is 11.7 Å². The Morgan fingerprint density at radius 3 is 1.89 bits per heavy atom. The summed E-state index contributed by atoms with van der Waals surface area (Å²) < 4.78 is 5.01. The van der Waals surface area contributed by atoms with Gasteiger partial charge in [0.2, 0.25) is 5.91 Å². The quantitative estimate of drug-likeness (QED) is 0.887. The minimum Gasteiger partial charge on any atom is -0.380 e. The van der Waals surface area contributed by atoms with Gasteiger partial charge in [0.25, 0.3) is 0 Å². The van der Waals surface area contributed by atoms with Crippen LogP contribution < -0.4 is 5.73 Å². The first-order valence-electron chi connectivity index (χ1n) is 6.99. The lowest BCUT2D eigenvalue weighted by molar-refractivity contribution is -0.121. The Labute approximate surface area is 118 Å². The smallest absolute Gasteiger partial charge is 0.220 e. The van der Waals surface area contributed by atoms with Gasteiger partial charge in [-0.2, -0.15) is 0 Å². The summed E-state index contributed by atoms with van der Waals surface area (Å²) in [6.45, 7) is 10.5. The van der Waals surface area contributed by atoms with Gasteiger partial charge < -0.3 is 10.5 Å². The Hall–Kier alpha value is -1.35. The third-order valence-electron chi connectivity index (χ3n) is 2.36. The highest BCUT2D eigenvalue weighted by Crippen LogP contribution is 2.10. The Kier molecular flexibility index (Phi) is 13.8. The van der Waals surface area contributed by atoms with Crippen LogP contribution in [0, 0.1) is 5.92 Å². The van der Waals surface area contributed by atoms with Crippen molar-refractivity contribution in [1.29, 1.82) is 0 Å². The second-order valence-corrected chi connectivity index (χ2v) is 3.76. The van der Waals surface area contributed by atoms with Crippen LogP contribution >= 0.6 is 0 Å². The van der Waals surface area contributed by atoms with Crippen molar-refractivity contribution < 1.29 is 9.53 Å². The van der Waals surface area contributed by atoms with Gasteiger partial charge in [0.15, 0.2) is 0 Å². The van der Waals surface area contributed by atoms with Crippen LogP contribution in [0.3, 0.4) is 0 Å². The zero-order chi connectivity index (χ0) is 15.3. The van der Waals surface area contributed by atoms with E-state index in [0.717, 1.165) is 11.1 Å². The Bertz CT molecular complexity index is 320. The van der Waals surface area contributed by atoms with Crippen molar-refractivity contribution in [1.82, 2.24) is 0 Å². The van der Waals surface area contributed by atoms with E-state index in [1.807, 2.05) is 58.9 Å². The molecule has 0 saturated heterocycles. The Balaban J connectivity index is 0. The van der Waals surface area contributed by atoms with Crippen LogP contribution in [0.4, 0.5) is 0 Å². The van der Waals surface area contributed by atoms with Gasteiger partial charge in [0.1, 0.15) is 0 Å². The normalized spacial score (nSPS) is 10.4. The van der Waals surface area contributed by atoms with Gasteiger partial charge in [-0.1, -0.05) is 58.9 Å². The molecule has 0 fully saturated rings. The summed E-state index contributed by atoms with van der Waals surface area (Å²) in [7, 11) is 1.67. The highest BCUT2D eigenvalue weighted by atomic mass is 16.5. The molecule has 2 N–H and O–H groups in total. The molecule has 1 rings (SSSR count). The molecule has 0 radical (unpaired) electrons. The monoisotopic (exact) mass is 267 g/mol. The SMILES string of the molecule is CC.CC.COCc1ccc(CC(C)C(N)=O)cc1. The fourth-order valence-electron chi connectivity index (χ4n) is 1.39. The van der Waals surface area contributed by atoms with E-state index in [4.69, 9.17) is 10.5 Å². The number of primary amides is 1. The molecule has 19 heavy (non-hydrogen) atoms. The van der Waals surface area contributed by atoms with E-state index >= 15 is 0 Å². The van der Waals surface area contributed by atoms with Crippen LogP contribution in [-0.4, -0.2) is 13.0 Å². The van der Waals surface area contributed by atoms with Gasteiger partial charge in [-0.3, -0.25) is 4.79 Å². The number of methoxy groups -OCH3 is 1. The summed E-state index contributed by atoms with van der Waals surface area (Å²) in [4.78, 5) is 10.9. The van der Waals surface area contributed by atoms with E-state index in [9.17, 15) is 4.79 Å². The molecule has 0 bridgehead atoms. The molecular formula is C16H29NO2. The van der Waals surface area contributed by atoms with Crippen LogP contribution in [0.15, 0.2) is 24.3 Å². The lowest BCUT2D eigenvalue weighted by atomic mass is 10.00. The molecule has 110 valence electrons. The molecule has 0 saturated carbocycles. The van der Waals surface area contributed by atoms with Crippen LogP contribution in [-0.2, 0) is 22.6 Å². The molecule has 3 heteroatoms. The number of carbonyl (C=O) groups excluding carboxylic acids is 1. The fraction of sp³-hybridized carbons (Fsp3) is 0.562. The van der Waals surface area contributed by atoms with E-state index in [-0.39, 0.29) is 11.8 Å². The lowest BCUT2D eigenvalue weighted by Crippen LogP contribution is -2.22. The lowest BCUT2D eigenvalue weighted by Gasteiger charge is -2.07. The maximum atomic E-state index is 10.9. The molecule has 0 aliphatic rings. The summed E-state index contributed by atoms with van der Waals surface area (Å²) >= 11 is 0. The van der Waals surface area contributed by atoms with Gasteiger partial charge in [-0.25, -0.2) is 0 Å². The molecule has 1 amide bonds. The molecule has 0 heterocycles. The molecule has 0 aromatic heterocycles. The standard InChI is InChI=1S/C12H17NO2.2C2H6/c1-9(12(13)14)7-10-3-5-11(6-4-10)8-15-2;2*1-2/h3-6,9H,7-8H2,1-2H3,(H2,13,14);2*1-2H3. The molecular weight excluding hydrogens is 238 g/mol. The third kappa shape index (κ3) is 9.25. The molecule has 1 unspecified atom stereocenters. The maximum Gasteiger partial charge on any atom is 0.220 e. The second kappa shape index (κ2) is 13.1. The van der Waals surface area contributed by atoms with Crippen molar-refractivity contribution in [3.05, 3.63) is 35.4 Å². The largest absolute Gasteiger partial charge is 0.380 e. The minimum atomic E-state index is -0.254. The molecule has 1 aromatic rings. The van der Waals surface area contributed by atoms with Crippen molar-refractivity contribution in [3.8, 4) is 0 Å². The first-order valence-corrected chi connectivity index (χ1v) is 6.99. The number of ether oxygens (including phenoxy) is 1. The summed E-state index contributed by atoms with van der Waals surface area (Å²) in [5, 5.41) is 0. The van der Waals surface area contributed by atoms with E-state index in [1.54, 1.807) is 7.11 Å². The summed E-state index contributed by atoms with van der Waals surface area (Å²) in [5.74, 6) is -0.366. The van der Waals surface area contributed by atoms with E-state index in [1.165, 1.54) is 0 Å². The average Bonchev–Trinajstić information content (AvgIpc) is 2.45. The average molecular weight is 267 g/mol. The van der Waals surface area contributed by atoms with Crippen molar-refractivity contribution >= 4 is 5.91 Å². The van der Waals surface area contributed by atoms with Crippen molar-refractivity contribution in [2.45, 2.75) is 47.6 Å². The van der Waals surface area contributed by atoms with Crippen LogP contribution in [0.25, 0.3) is 0 Å². The molecule has 1 aromatic carbocycles. The van der Waals surface area contributed by atoms with E-state index < -0.39 is 0 Å². The Morgan fingerprint density at radius 1 is 1.11 bits per heavy atom. The predicted octanol–water partition coefficient (Wildman–Crippen LogP) is 3.55. The van der Waals surface area contributed by atoms with Crippen LogP contribution in [0.5, 0.6) is 0 Å². The highest BCUT2D eigenvalue weighted by molar-refractivity contribution is 5.76. The topological polar surface area (TPSA) is 52.3 Å². The van der Waals surface area contributed by atoms with Gasteiger partial charge in [-0.05, 0) is 17.5 Å². The van der Waals surface area contributed by atoms with Crippen molar-refractivity contribution in [2.75, 3.05) is 7.11 Å². The number of benzene rings is 1.